The van der Waals surface area contributed by atoms with Crippen molar-refractivity contribution >= 4 is 11.0 Å². The van der Waals surface area contributed by atoms with Gasteiger partial charge in [-0.3, -0.25) is 4.68 Å². The first-order chi connectivity index (χ1) is 8.75. The molecule has 2 heterocycles. The number of ether oxygens (including phenoxy) is 1. The van der Waals surface area contributed by atoms with Gasteiger partial charge in [-0.2, -0.15) is 5.10 Å². The molecule has 1 aromatic carbocycles. The molecule has 6 heteroatoms. The van der Waals surface area contributed by atoms with Gasteiger partial charge >= 0.3 is 0 Å². The number of benzene rings is 1. The van der Waals surface area contributed by atoms with Crippen LogP contribution in [0.25, 0.3) is 11.0 Å². The van der Waals surface area contributed by atoms with Gasteiger partial charge in [-0.1, -0.05) is 12.1 Å². The number of halogens is 1. The standard InChI is InChI=1S/C12H9FN4O/c1-17-11-8(6-16-17)12(15-7-14-11)18-10-5-3-2-4-9(10)13/h2-7H,1H3. The van der Waals surface area contributed by atoms with Crippen molar-refractivity contribution in [2.75, 3.05) is 0 Å². The van der Waals surface area contributed by atoms with Crippen LogP contribution in [0.1, 0.15) is 0 Å². The van der Waals surface area contributed by atoms with Crippen LogP contribution in [-0.2, 0) is 7.05 Å². The second-order valence-corrected chi connectivity index (χ2v) is 3.72. The Morgan fingerprint density at radius 2 is 2.06 bits per heavy atom. The summed E-state index contributed by atoms with van der Waals surface area (Å²) in [4.78, 5) is 8.08. The molecule has 0 saturated heterocycles. The molecule has 0 fully saturated rings. The molecule has 0 saturated carbocycles. The van der Waals surface area contributed by atoms with Gasteiger partial charge in [0.05, 0.1) is 6.20 Å². The van der Waals surface area contributed by atoms with E-state index in [2.05, 4.69) is 15.1 Å². The van der Waals surface area contributed by atoms with Crippen molar-refractivity contribution in [3.05, 3.63) is 42.6 Å². The van der Waals surface area contributed by atoms with Crippen LogP contribution in [0.4, 0.5) is 4.39 Å². The number of nitrogens with zero attached hydrogens (tertiary/aromatic N) is 4. The van der Waals surface area contributed by atoms with E-state index < -0.39 is 5.82 Å². The molecule has 0 bridgehead atoms. The third-order valence-electron chi connectivity index (χ3n) is 2.54. The summed E-state index contributed by atoms with van der Waals surface area (Å²) in [7, 11) is 1.77. The van der Waals surface area contributed by atoms with Crippen molar-refractivity contribution in [3.63, 3.8) is 0 Å². The van der Waals surface area contributed by atoms with Gasteiger partial charge in [0.25, 0.3) is 0 Å². The van der Waals surface area contributed by atoms with Gasteiger partial charge in [0, 0.05) is 7.05 Å². The summed E-state index contributed by atoms with van der Waals surface area (Å²) in [6.45, 7) is 0. The van der Waals surface area contributed by atoms with E-state index in [1.54, 1.807) is 36.1 Å². The average molecular weight is 244 g/mol. The maximum atomic E-state index is 13.5. The quantitative estimate of drug-likeness (QED) is 0.694. The van der Waals surface area contributed by atoms with E-state index in [0.717, 1.165) is 0 Å². The molecule has 0 aliphatic heterocycles. The number of aryl methyl sites for hydroxylation is 1. The zero-order valence-electron chi connectivity index (χ0n) is 9.54. The first kappa shape index (κ1) is 10.6. The van der Waals surface area contributed by atoms with Gasteiger partial charge < -0.3 is 4.74 Å². The predicted octanol–water partition coefficient (Wildman–Crippen LogP) is 2.29. The van der Waals surface area contributed by atoms with E-state index >= 15 is 0 Å². The molecule has 0 N–H and O–H groups in total. The van der Waals surface area contributed by atoms with Crippen molar-refractivity contribution in [1.29, 1.82) is 0 Å². The number of para-hydroxylation sites is 1. The lowest BCUT2D eigenvalue weighted by Gasteiger charge is -2.05. The molecule has 5 nitrogen and oxygen atoms in total. The maximum Gasteiger partial charge on any atom is 0.233 e. The van der Waals surface area contributed by atoms with Crippen LogP contribution in [-0.4, -0.2) is 19.7 Å². The number of fused-ring (bicyclic) bond motifs is 1. The largest absolute Gasteiger partial charge is 0.435 e. The van der Waals surface area contributed by atoms with Crippen LogP contribution >= 0.6 is 0 Å². The highest BCUT2D eigenvalue weighted by molar-refractivity contribution is 5.79. The third-order valence-corrected chi connectivity index (χ3v) is 2.54. The molecular weight excluding hydrogens is 235 g/mol. The third kappa shape index (κ3) is 1.67. The second-order valence-electron chi connectivity index (χ2n) is 3.72. The van der Waals surface area contributed by atoms with Gasteiger partial charge in [0.1, 0.15) is 11.7 Å². The molecule has 0 radical (unpaired) electrons. The van der Waals surface area contributed by atoms with E-state index in [0.29, 0.717) is 16.9 Å². The minimum absolute atomic E-state index is 0.126. The fourth-order valence-corrected chi connectivity index (χ4v) is 1.65. The number of rotatable bonds is 2. The maximum absolute atomic E-state index is 13.5. The van der Waals surface area contributed by atoms with E-state index in [-0.39, 0.29) is 5.75 Å². The molecule has 18 heavy (non-hydrogen) atoms. The molecular formula is C12H9FN4O. The molecule has 3 rings (SSSR count). The summed E-state index contributed by atoms with van der Waals surface area (Å²) >= 11 is 0. The fourth-order valence-electron chi connectivity index (χ4n) is 1.65. The van der Waals surface area contributed by atoms with Gasteiger partial charge in [-0.15, -0.1) is 0 Å². The molecule has 0 aliphatic carbocycles. The zero-order chi connectivity index (χ0) is 12.5. The first-order valence-corrected chi connectivity index (χ1v) is 5.31. The van der Waals surface area contributed by atoms with Crippen LogP contribution in [0.5, 0.6) is 11.6 Å². The predicted molar refractivity (Wildman–Crippen MR) is 62.8 cm³/mol. The highest BCUT2D eigenvalue weighted by Crippen LogP contribution is 2.27. The van der Waals surface area contributed by atoms with Gasteiger partial charge in [-0.25, -0.2) is 14.4 Å². The summed E-state index contributed by atoms with van der Waals surface area (Å²) in [6, 6.07) is 6.17. The summed E-state index contributed by atoms with van der Waals surface area (Å²) < 4.78 is 20.6. The Bertz CT molecular complexity index is 710. The molecule has 2 aromatic heterocycles. The smallest absolute Gasteiger partial charge is 0.233 e. The van der Waals surface area contributed by atoms with Crippen LogP contribution in [0, 0.1) is 5.82 Å². The van der Waals surface area contributed by atoms with E-state index in [4.69, 9.17) is 4.74 Å². The average Bonchev–Trinajstić information content (AvgIpc) is 2.76. The lowest BCUT2D eigenvalue weighted by atomic mass is 10.3. The number of hydrogen-bond donors (Lipinski definition) is 0. The normalized spacial score (nSPS) is 10.8. The topological polar surface area (TPSA) is 52.8 Å². The summed E-state index contributed by atoms with van der Waals surface area (Å²) in [5, 5.41) is 4.70. The Morgan fingerprint density at radius 3 is 2.89 bits per heavy atom. The molecule has 90 valence electrons. The lowest BCUT2D eigenvalue weighted by Crippen LogP contribution is -1.95. The van der Waals surface area contributed by atoms with Crippen molar-refractivity contribution in [3.8, 4) is 11.6 Å². The Balaban J connectivity index is 2.08. The first-order valence-electron chi connectivity index (χ1n) is 5.31. The van der Waals surface area contributed by atoms with Crippen molar-refractivity contribution in [2.24, 2.45) is 7.05 Å². The molecule has 3 aromatic rings. The minimum Gasteiger partial charge on any atom is -0.435 e. The molecule has 0 atom stereocenters. The van der Waals surface area contributed by atoms with Gasteiger partial charge in [0.15, 0.2) is 17.2 Å². The Morgan fingerprint density at radius 1 is 1.22 bits per heavy atom. The van der Waals surface area contributed by atoms with E-state index in [9.17, 15) is 4.39 Å². The van der Waals surface area contributed by atoms with E-state index in [1.165, 1.54) is 12.4 Å². The number of hydrogen-bond acceptors (Lipinski definition) is 4. The summed E-state index contributed by atoms with van der Waals surface area (Å²) in [5.74, 6) is -0.0206. The molecule has 0 spiro atoms. The van der Waals surface area contributed by atoms with Crippen LogP contribution in [0.2, 0.25) is 0 Å². The minimum atomic E-state index is -0.437. The van der Waals surface area contributed by atoms with Crippen molar-refractivity contribution in [1.82, 2.24) is 19.7 Å². The zero-order valence-corrected chi connectivity index (χ0v) is 9.54. The van der Waals surface area contributed by atoms with Crippen LogP contribution in [0.3, 0.4) is 0 Å². The molecule has 0 unspecified atom stereocenters. The van der Waals surface area contributed by atoms with Gasteiger partial charge in [-0.05, 0) is 12.1 Å². The highest BCUT2D eigenvalue weighted by Gasteiger charge is 2.11. The summed E-state index contributed by atoms with van der Waals surface area (Å²) in [5.41, 5.74) is 0.635. The lowest BCUT2D eigenvalue weighted by molar-refractivity contribution is 0.431. The molecule has 0 aliphatic rings. The summed E-state index contributed by atoms with van der Waals surface area (Å²) in [6.07, 6.45) is 2.95. The van der Waals surface area contributed by atoms with Crippen LogP contribution in [0.15, 0.2) is 36.8 Å². The second kappa shape index (κ2) is 4.06. The van der Waals surface area contributed by atoms with E-state index in [1.807, 2.05) is 0 Å². The van der Waals surface area contributed by atoms with Crippen molar-refractivity contribution < 1.29 is 9.13 Å². The Labute approximate surface area is 102 Å². The Hall–Kier alpha value is -2.50. The van der Waals surface area contributed by atoms with Crippen LogP contribution < -0.4 is 4.74 Å². The fraction of sp³-hybridized carbons (Fsp3) is 0.0833. The van der Waals surface area contributed by atoms with Gasteiger partial charge in [0.2, 0.25) is 5.88 Å². The number of aromatic nitrogens is 4. The SMILES string of the molecule is Cn1ncc2c(Oc3ccccc3F)ncnc21. The highest BCUT2D eigenvalue weighted by atomic mass is 19.1. The Kier molecular flexibility index (Phi) is 2.40. The van der Waals surface area contributed by atoms with Crippen molar-refractivity contribution in [2.45, 2.75) is 0 Å². The monoisotopic (exact) mass is 244 g/mol. The molecule has 0 amide bonds.